The van der Waals surface area contributed by atoms with Crippen LogP contribution in [0.4, 0.5) is 5.69 Å². The van der Waals surface area contributed by atoms with E-state index in [1.54, 1.807) is 30.3 Å². The summed E-state index contributed by atoms with van der Waals surface area (Å²) in [4.78, 5) is 10.5. The fraction of sp³-hybridized carbons (Fsp3) is 0. The van der Waals surface area contributed by atoms with Crippen LogP contribution in [0.1, 0.15) is 5.56 Å². The molecule has 0 saturated heterocycles. The number of nitro groups is 1. The first-order chi connectivity index (χ1) is 9.90. The Balaban J connectivity index is 2.55. The normalized spacial score (nSPS) is 10.2. The lowest BCUT2D eigenvalue weighted by atomic mass is 10.2. The minimum atomic E-state index is -0.536. The topological polar surface area (TPSA) is 102 Å². The predicted octanol–water partition coefficient (Wildman–Crippen LogP) is 4.20. The molecule has 2 aromatic rings. The van der Waals surface area contributed by atoms with Crippen LogP contribution in [0.25, 0.3) is 0 Å². The average molecular weight is 415 g/mol. The number of nitrogens with two attached hydrogens (primary N) is 1. The summed E-state index contributed by atoms with van der Waals surface area (Å²) in [5.74, 6) is 0.127. The van der Waals surface area contributed by atoms with Gasteiger partial charge in [-0.25, -0.2) is 0 Å². The Labute approximate surface area is 136 Å². The van der Waals surface area contributed by atoms with Crippen LogP contribution in [0.2, 0.25) is 0 Å². The predicted molar refractivity (Wildman–Crippen MR) is 86.0 cm³/mol. The maximum Gasteiger partial charge on any atom is 0.312 e. The molecule has 0 aliphatic carbocycles. The van der Waals surface area contributed by atoms with Gasteiger partial charge in [-0.15, -0.1) is 0 Å². The minimum Gasteiger partial charge on any atom is -0.448 e. The molecular weight excluding hydrogens is 406 g/mol. The van der Waals surface area contributed by atoms with Crippen LogP contribution in [0.3, 0.4) is 0 Å². The third kappa shape index (κ3) is 3.40. The monoisotopic (exact) mass is 413 g/mol. The van der Waals surface area contributed by atoms with Gasteiger partial charge in [-0.05, 0) is 40.2 Å². The second-order valence-electron chi connectivity index (χ2n) is 4.00. The molecule has 0 bridgehead atoms. The van der Waals surface area contributed by atoms with E-state index in [0.717, 1.165) is 0 Å². The molecule has 0 spiro atoms. The van der Waals surface area contributed by atoms with Gasteiger partial charge in [0.05, 0.1) is 15.0 Å². The van der Waals surface area contributed by atoms with E-state index in [1.807, 2.05) is 0 Å². The molecule has 2 aromatic carbocycles. The number of nitrogen functional groups attached to an aromatic ring is 1. The fourth-order valence-corrected chi connectivity index (χ4v) is 2.43. The van der Waals surface area contributed by atoms with E-state index < -0.39 is 4.92 Å². The molecule has 108 valence electrons. The zero-order chi connectivity index (χ0) is 15.6. The van der Waals surface area contributed by atoms with Gasteiger partial charge in [0.15, 0.2) is 0 Å². The van der Waals surface area contributed by atoms with Gasteiger partial charge in [-0.3, -0.25) is 15.5 Å². The summed E-state index contributed by atoms with van der Waals surface area (Å²) in [5, 5.41) is 18.6. The third-order valence-corrected chi connectivity index (χ3v) is 3.71. The Bertz CT molecular complexity index is 735. The van der Waals surface area contributed by atoms with Crippen molar-refractivity contribution in [3.8, 4) is 11.5 Å². The summed E-state index contributed by atoms with van der Waals surface area (Å²) < 4.78 is 6.78. The highest BCUT2D eigenvalue weighted by atomic mass is 79.9. The first-order valence-electron chi connectivity index (χ1n) is 5.65. The average Bonchev–Trinajstić information content (AvgIpc) is 2.40. The van der Waals surface area contributed by atoms with Crippen LogP contribution in [-0.2, 0) is 0 Å². The molecule has 0 aliphatic heterocycles. The fourth-order valence-electron chi connectivity index (χ4n) is 1.66. The van der Waals surface area contributed by atoms with Crippen LogP contribution in [0.15, 0.2) is 45.3 Å². The van der Waals surface area contributed by atoms with Crippen LogP contribution in [-0.4, -0.2) is 10.8 Å². The van der Waals surface area contributed by atoms with Gasteiger partial charge in [0, 0.05) is 10.5 Å². The van der Waals surface area contributed by atoms with E-state index >= 15 is 0 Å². The number of ether oxygens (including phenoxy) is 1. The summed E-state index contributed by atoms with van der Waals surface area (Å²) in [7, 11) is 0. The van der Waals surface area contributed by atoms with Crippen molar-refractivity contribution in [3.63, 3.8) is 0 Å². The molecule has 0 heterocycles. The Morgan fingerprint density at radius 2 is 2.00 bits per heavy atom. The van der Waals surface area contributed by atoms with Crippen molar-refractivity contribution in [1.29, 1.82) is 5.41 Å². The quantitative estimate of drug-likeness (QED) is 0.338. The zero-order valence-corrected chi connectivity index (χ0v) is 13.6. The number of nitrogens with one attached hydrogen (secondary N) is 1. The SMILES string of the molecule is N=C(N)c1ccc(Br)cc1Oc1c(Br)cccc1[N+](=O)[O-]. The number of hydrogen-bond acceptors (Lipinski definition) is 4. The highest BCUT2D eigenvalue weighted by molar-refractivity contribution is 9.10. The van der Waals surface area contributed by atoms with E-state index in [1.165, 1.54) is 6.07 Å². The van der Waals surface area contributed by atoms with Crippen molar-refractivity contribution in [3.05, 3.63) is 61.0 Å². The van der Waals surface area contributed by atoms with Gasteiger partial charge in [-0.1, -0.05) is 22.0 Å². The van der Waals surface area contributed by atoms with E-state index in [9.17, 15) is 10.1 Å². The smallest absolute Gasteiger partial charge is 0.312 e. The minimum absolute atomic E-state index is 0.0584. The molecule has 3 N–H and O–H groups in total. The summed E-state index contributed by atoms with van der Waals surface area (Å²) in [6.45, 7) is 0. The van der Waals surface area contributed by atoms with Gasteiger partial charge in [0.25, 0.3) is 0 Å². The zero-order valence-electron chi connectivity index (χ0n) is 10.5. The molecule has 2 rings (SSSR count). The highest BCUT2D eigenvalue weighted by Gasteiger charge is 2.20. The van der Waals surface area contributed by atoms with Crippen LogP contribution in [0, 0.1) is 15.5 Å². The van der Waals surface area contributed by atoms with E-state index in [-0.39, 0.29) is 23.0 Å². The van der Waals surface area contributed by atoms with Crippen molar-refractivity contribution in [2.75, 3.05) is 0 Å². The van der Waals surface area contributed by atoms with Crippen molar-refractivity contribution >= 4 is 43.4 Å². The molecule has 0 atom stereocenters. The lowest BCUT2D eigenvalue weighted by Crippen LogP contribution is -2.12. The van der Waals surface area contributed by atoms with Gasteiger partial charge < -0.3 is 10.5 Å². The number of para-hydroxylation sites is 1. The second-order valence-corrected chi connectivity index (χ2v) is 5.77. The van der Waals surface area contributed by atoms with Gasteiger partial charge in [0.1, 0.15) is 11.6 Å². The highest BCUT2D eigenvalue weighted by Crippen LogP contribution is 2.39. The summed E-state index contributed by atoms with van der Waals surface area (Å²) in [5.41, 5.74) is 5.67. The first kappa shape index (κ1) is 15.5. The van der Waals surface area contributed by atoms with Crippen molar-refractivity contribution < 1.29 is 9.66 Å². The Hall–Kier alpha value is -1.93. The summed E-state index contributed by atoms with van der Waals surface area (Å²) >= 11 is 6.51. The number of amidine groups is 1. The molecule has 6 nitrogen and oxygen atoms in total. The molecule has 0 fully saturated rings. The standard InChI is InChI=1S/C13H9Br2N3O3/c14-7-4-5-8(13(16)17)11(6-7)21-12-9(15)2-1-3-10(12)18(19)20/h1-6H,(H3,16,17). The molecule has 21 heavy (non-hydrogen) atoms. The number of halogens is 2. The molecule has 8 heteroatoms. The third-order valence-electron chi connectivity index (χ3n) is 2.59. The molecular formula is C13H9Br2N3O3. The van der Waals surface area contributed by atoms with Crippen LogP contribution >= 0.6 is 31.9 Å². The molecule has 0 amide bonds. The maximum absolute atomic E-state index is 11.1. The van der Waals surface area contributed by atoms with Crippen molar-refractivity contribution in [2.45, 2.75) is 0 Å². The van der Waals surface area contributed by atoms with Crippen LogP contribution in [0.5, 0.6) is 11.5 Å². The van der Waals surface area contributed by atoms with Crippen LogP contribution < -0.4 is 10.5 Å². The van der Waals surface area contributed by atoms with Crippen molar-refractivity contribution in [2.24, 2.45) is 5.73 Å². The number of nitro benzene ring substituents is 1. The number of benzene rings is 2. The van der Waals surface area contributed by atoms with Gasteiger partial charge >= 0.3 is 5.69 Å². The van der Waals surface area contributed by atoms with E-state index in [0.29, 0.717) is 14.5 Å². The molecule has 0 radical (unpaired) electrons. The number of hydrogen-bond donors (Lipinski definition) is 2. The first-order valence-corrected chi connectivity index (χ1v) is 7.23. The molecule has 0 saturated carbocycles. The Kier molecular flexibility index (Phi) is 4.59. The summed E-state index contributed by atoms with van der Waals surface area (Å²) in [6, 6.07) is 9.42. The summed E-state index contributed by atoms with van der Waals surface area (Å²) in [6.07, 6.45) is 0. The Morgan fingerprint density at radius 1 is 1.29 bits per heavy atom. The lowest BCUT2D eigenvalue weighted by Gasteiger charge is -2.12. The number of nitrogens with zero attached hydrogens (tertiary/aromatic N) is 1. The molecule has 0 aliphatic rings. The maximum atomic E-state index is 11.1. The van der Waals surface area contributed by atoms with E-state index in [2.05, 4.69) is 31.9 Å². The van der Waals surface area contributed by atoms with Crippen molar-refractivity contribution in [1.82, 2.24) is 0 Å². The van der Waals surface area contributed by atoms with E-state index in [4.69, 9.17) is 15.9 Å². The largest absolute Gasteiger partial charge is 0.448 e. The molecule has 0 unspecified atom stereocenters. The second kappa shape index (κ2) is 6.23. The molecule has 0 aromatic heterocycles. The van der Waals surface area contributed by atoms with Gasteiger partial charge in [0.2, 0.25) is 5.75 Å². The van der Waals surface area contributed by atoms with Gasteiger partial charge in [-0.2, -0.15) is 0 Å². The Morgan fingerprint density at radius 3 is 2.62 bits per heavy atom. The lowest BCUT2D eigenvalue weighted by molar-refractivity contribution is -0.385. The number of rotatable bonds is 4.